The summed E-state index contributed by atoms with van der Waals surface area (Å²) in [6, 6.07) is 5.86. The number of carbonyl (C=O) groups excluding carboxylic acids is 2. The van der Waals surface area contributed by atoms with Gasteiger partial charge >= 0.3 is 5.97 Å². The second-order valence-corrected chi connectivity index (χ2v) is 8.63. The summed E-state index contributed by atoms with van der Waals surface area (Å²) >= 11 is 0. The summed E-state index contributed by atoms with van der Waals surface area (Å²) in [6.45, 7) is 1.61. The lowest BCUT2D eigenvalue weighted by atomic mass is 9.53. The number of esters is 1. The zero-order valence-corrected chi connectivity index (χ0v) is 15.2. The highest BCUT2D eigenvalue weighted by Crippen LogP contribution is 2.55. The molecule has 1 atom stereocenters. The van der Waals surface area contributed by atoms with E-state index in [1.54, 1.807) is 19.1 Å². The molecule has 26 heavy (non-hydrogen) atoms. The van der Waals surface area contributed by atoms with E-state index in [4.69, 9.17) is 4.74 Å². The highest BCUT2D eigenvalue weighted by Gasteiger charge is 2.51. The number of rotatable bonds is 5. The van der Waals surface area contributed by atoms with Gasteiger partial charge in [0.1, 0.15) is 5.82 Å². The Morgan fingerprint density at radius 3 is 2.38 bits per heavy atom. The Morgan fingerprint density at radius 2 is 1.81 bits per heavy atom. The first-order valence-corrected chi connectivity index (χ1v) is 9.67. The Balaban J connectivity index is 1.32. The van der Waals surface area contributed by atoms with Crippen LogP contribution in [0.1, 0.15) is 51.0 Å². The van der Waals surface area contributed by atoms with E-state index < -0.39 is 12.1 Å². The highest BCUT2D eigenvalue weighted by molar-refractivity contribution is 5.84. The van der Waals surface area contributed by atoms with Crippen molar-refractivity contribution >= 4 is 11.9 Å². The number of carbonyl (C=O) groups is 2. The molecule has 0 heterocycles. The molecule has 4 aliphatic rings. The molecule has 1 aromatic rings. The van der Waals surface area contributed by atoms with Crippen molar-refractivity contribution < 1.29 is 18.7 Å². The van der Waals surface area contributed by atoms with Crippen molar-refractivity contribution in [1.82, 2.24) is 5.32 Å². The third kappa shape index (κ3) is 3.62. The fourth-order valence-electron chi connectivity index (χ4n) is 5.73. The molecule has 4 fully saturated rings. The van der Waals surface area contributed by atoms with Gasteiger partial charge in [0, 0.05) is 5.54 Å². The number of halogens is 1. The second kappa shape index (κ2) is 6.67. The number of benzene rings is 1. The number of nitrogens with one attached hydrogen (secondary N) is 1. The summed E-state index contributed by atoms with van der Waals surface area (Å²) in [5, 5.41) is 3.23. The van der Waals surface area contributed by atoms with Crippen LogP contribution in [0.5, 0.6) is 0 Å². The first-order chi connectivity index (χ1) is 12.4. The van der Waals surface area contributed by atoms with Gasteiger partial charge in [0.25, 0.3) is 5.91 Å². The minimum atomic E-state index is -0.830. The van der Waals surface area contributed by atoms with Gasteiger partial charge in [-0.25, -0.2) is 4.39 Å². The van der Waals surface area contributed by atoms with Crippen molar-refractivity contribution in [2.45, 2.75) is 63.5 Å². The Labute approximate surface area is 153 Å². The first kappa shape index (κ1) is 17.5. The predicted octanol–water partition coefficient (Wildman–Crippen LogP) is 3.38. The minimum Gasteiger partial charge on any atom is -0.452 e. The van der Waals surface area contributed by atoms with Crippen molar-refractivity contribution in [3.8, 4) is 0 Å². The molecule has 4 aliphatic carbocycles. The van der Waals surface area contributed by atoms with E-state index in [0.29, 0.717) is 5.56 Å². The SMILES string of the molecule is C[C@H](OC(=O)Cc1cccc(F)c1)C(=O)NC12CC3CC(CC(C3)C1)C2. The molecule has 0 aliphatic heterocycles. The molecular weight excluding hydrogens is 333 g/mol. The quantitative estimate of drug-likeness (QED) is 0.820. The molecule has 0 aromatic heterocycles. The first-order valence-electron chi connectivity index (χ1n) is 9.67. The van der Waals surface area contributed by atoms with Crippen LogP contribution in [0.25, 0.3) is 0 Å². The van der Waals surface area contributed by atoms with E-state index >= 15 is 0 Å². The van der Waals surface area contributed by atoms with Crippen molar-refractivity contribution in [3.63, 3.8) is 0 Å². The van der Waals surface area contributed by atoms with Crippen molar-refractivity contribution in [2.24, 2.45) is 17.8 Å². The van der Waals surface area contributed by atoms with Crippen LogP contribution in [0.2, 0.25) is 0 Å². The molecule has 1 amide bonds. The molecule has 1 aromatic carbocycles. The molecule has 1 N–H and O–H groups in total. The van der Waals surface area contributed by atoms with E-state index in [0.717, 1.165) is 37.0 Å². The summed E-state index contributed by atoms with van der Waals surface area (Å²) in [6.07, 6.45) is 6.27. The lowest BCUT2D eigenvalue weighted by Gasteiger charge is -2.57. The highest BCUT2D eigenvalue weighted by atomic mass is 19.1. The predicted molar refractivity (Wildman–Crippen MR) is 94.7 cm³/mol. The zero-order chi connectivity index (χ0) is 18.3. The van der Waals surface area contributed by atoms with Crippen LogP contribution in [0.3, 0.4) is 0 Å². The van der Waals surface area contributed by atoms with Gasteiger partial charge in [-0.3, -0.25) is 9.59 Å². The average molecular weight is 359 g/mol. The van der Waals surface area contributed by atoms with Crippen LogP contribution in [0, 0.1) is 23.6 Å². The summed E-state index contributed by atoms with van der Waals surface area (Å²) in [7, 11) is 0. The van der Waals surface area contributed by atoms with Gasteiger partial charge in [-0.05, 0) is 80.9 Å². The number of hydrogen-bond acceptors (Lipinski definition) is 3. The number of ether oxygens (including phenoxy) is 1. The normalized spacial score (nSPS) is 32.9. The van der Waals surface area contributed by atoms with Gasteiger partial charge < -0.3 is 10.1 Å². The van der Waals surface area contributed by atoms with Gasteiger partial charge in [-0.2, -0.15) is 0 Å². The van der Waals surface area contributed by atoms with Gasteiger partial charge in [0.2, 0.25) is 0 Å². The average Bonchev–Trinajstić information content (AvgIpc) is 2.52. The molecule has 0 saturated heterocycles. The molecule has 0 unspecified atom stereocenters. The molecule has 5 heteroatoms. The number of amides is 1. The van der Waals surface area contributed by atoms with Gasteiger partial charge in [0.15, 0.2) is 6.10 Å². The third-order valence-electron chi connectivity index (χ3n) is 6.34. The van der Waals surface area contributed by atoms with Gasteiger partial charge in [-0.1, -0.05) is 12.1 Å². The van der Waals surface area contributed by atoms with Crippen LogP contribution in [0.4, 0.5) is 4.39 Å². The standard InChI is InChI=1S/C21H26FNO3/c1-13(26-19(24)9-14-3-2-4-18(22)8-14)20(25)23-21-10-15-5-16(11-21)7-17(6-15)12-21/h2-4,8,13,15-17H,5-7,9-12H2,1H3,(H,23,25)/t13-,15?,16?,17?,21?/m0/s1. The largest absolute Gasteiger partial charge is 0.452 e. The molecule has 4 saturated carbocycles. The van der Waals surface area contributed by atoms with Gasteiger partial charge in [-0.15, -0.1) is 0 Å². The molecular formula is C21H26FNO3. The lowest BCUT2D eigenvalue weighted by molar-refractivity contribution is -0.156. The Bertz CT molecular complexity index is 682. The van der Waals surface area contributed by atoms with E-state index in [2.05, 4.69) is 5.32 Å². The summed E-state index contributed by atoms with van der Waals surface area (Å²) < 4.78 is 18.5. The maximum Gasteiger partial charge on any atom is 0.311 e. The molecule has 4 bridgehead atoms. The maximum atomic E-state index is 13.2. The fraction of sp³-hybridized carbons (Fsp3) is 0.619. The molecule has 140 valence electrons. The van der Waals surface area contributed by atoms with E-state index in [1.807, 2.05) is 0 Å². The molecule has 5 rings (SSSR count). The van der Waals surface area contributed by atoms with Crippen LogP contribution >= 0.6 is 0 Å². The molecule has 0 spiro atoms. The van der Waals surface area contributed by atoms with E-state index in [9.17, 15) is 14.0 Å². The Hall–Kier alpha value is -1.91. The lowest BCUT2D eigenvalue weighted by Crippen LogP contribution is -2.61. The van der Waals surface area contributed by atoms with Crippen LogP contribution < -0.4 is 5.32 Å². The van der Waals surface area contributed by atoms with Gasteiger partial charge in [0.05, 0.1) is 6.42 Å². The maximum absolute atomic E-state index is 13.2. The summed E-state index contributed by atoms with van der Waals surface area (Å²) in [5.41, 5.74) is 0.457. The van der Waals surface area contributed by atoms with Crippen molar-refractivity contribution in [3.05, 3.63) is 35.6 Å². The summed E-state index contributed by atoms with van der Waals surface area (Å²) in [4.78, 5) is 24.7. The zero-order valence-electron chi connectivity index (χ0n) is 15.2. The van der Waals surface area contributed by atoms with Crippen LogP contribution in [-0.2, 0) is 20.7 Å². The summed E-state index contributed by atoms with van der Waals surface area (Å²) in [5.74, 6) is 1.12. The fourth-order valence-corrected chi connectivity index (χ4v) is 5.73. The van der Waals surface area contributed by atoms with Crippen molar-refractivity contribution in [2.75, 3.05) is 0 Å². The number of hydrogen-bond donors (Lipinski definition) is 1. The smallest absolute Gasteiger partial charge is 0.311 e. The Morgan fingerprint density at radius 1 is 1.19 bits per heavy atom. The third-order valence-corrected chi connectivity index (χ3v) is 6.34. The van der Waals surface area contributed by atoms with Crippen molar-refractivity contribution in [1.29, 1.82) is 0 Å². The van der Waals surface area contributed by atoms with E-state index in [1.165, 1.54) is 31.4 Å². The second-order valence-electron chi connectivity index (χ2n) is 8.63. The molecule has 4 nitrogen and oxygen atoms in total. The molecule has 0 radical (unpaired) electrons. The topological polar surface area (TPSA) is 55.4 Å². The van der Waals surface area contributed by atoms with Crippen LogP contribution in [-0.4, -0.2) is 23.5 Å². The van der Waals surface area contributed by atoms with Crippen LogP contribution in [0.15, 0.2) is 24.3 Å². The van der Waals surface area contributed by atoms with E-state index in [-0.39, 0.29) is 23.7 Å². The Kier molecular flexibility index (Phi) is 4.49. The monoisotopic (exact) mass is 359 g/mol. The minimum absolute atomic E-state index is 0.0350.